The molecular weight excluding hydrogens is 340 g/mol. The predicted octanol–water partition coefficient (Wildman–Crippen LogP) is 2.63. The van der Waals surface area contributed by atoms with Crippen LogP contribution >= 0.6 is 0 Å². The van der Waals surface area contributed by atoms with Gasteiger partial charge in [0.25, 0.3) is 5.91 Å². The van der Waals surface area contributed by atoms with Crippen LogP contribution in [0.4, 0.5) is 5.82 Å². The number of anilines is 1. The van der Waals surface area contributed by atoms with E-state index in [1.165, 1.54) is 0 Å². The Labute approximate surface area is 157 Å². The van der Waals surface area contributed by atoms with Crippen molar-refractivity contribution in [2.75, 3.05) is 18.5 Å². The van der Waals surface area contributed by atoms with Crippen molar-refractivity contribution in [3.8, 4) is 11.1 Å². The summed E-state index contributed by atoms with van der Waals surface area (Å²) in [5.41, 5.74) is 3.32. The second kappa shape index (κ2) is 7.49. The molecule has 0 aliphatic carbocycles. The fourth-order valence-electron chi connectivity index (χ4n) is 3.39. The number of aromatic nitrogens is 4. The molecule has 1 saturated heterocycles. The van der Waals surface area contributed by atoms with Crippen LogP contribution in [0.5, 0.6) is 0 Å². The molecule has 1 aliphatic heterocycles. The third-order valence-corrected chi connectivity index (χ3v) is 4.78. The predicted molar refractivity (Wildman–Crippen MR) is 102 cm³/mol. The number of nitrogens with one attached hydrogen (secondary N) is 1. The second-order valence-corrected chi connectivity index (χ2v) is 6.40. The molecule has 7 heteroatoms. The van der Waals surface area contributed by atoms with Crippen molar-refractivity contribution >= 4 is 11.7 Å². The average molecular weight is 360 g/mol. The molecule has 1 N–H and O–H groups in total. The summed E-state index contributed by atoms with van der Waals surface area (Å²) in [7, 11) is 1.59. The molecular formula is C20H20N6O. The van der Waals surface area contributed by atoms with Gasteiger partial charge in [-0.15, -0.1) is 0 Å². The summed E-state index contributed by atoms with van der Waals surface area (Å²) in [6.45, 7) is 0.956. The molecule has 4 rings (SSSR count). The third kappa shape index (κ3) is 3.48. The molecule has 27 heavy (non-hydrogen) atoms. The van der Waals surface area contributed by atoms with Gasteiger partial charge in [-0.1, -0.05) is 12.1 Å². The Morgan fingerprint density at radius 3 is 2.48 bits per heavy atom. The van der Waals surface area contributed by atoms with Gasteiger partial charge in [0.05, 0.1) is 17.9 Å². The van der Waals surface area contributed by atoms with Crippen LogP contribution in [0.2, 0.25) is 0 Å². The molecule has 3 aromatic heterocycles. The Hall–Kier alpha value is -3.35. The van der Waals surface area contributed by atoms with Crippen molar-refractivity contribution < 1.29 is 4.79 Å². The zero-order valence-electron chi connectivity index (χ0n) is 15.0. The van der Waals surface area contributed by atoms with Crippen LogP contribution in [0.3, 0.4) is 0 Å². The number of rotatable bonds is 4. The van der Waals surface area contributed by atoms with E-state index in [1.807, 2.05) is 18.3 Å². The standard InChI is InChI=1S/C20H20N6O/c1-21-20(27)17-7-5-15(12-25-17)14-4-6-16(24-11-14)18-3-2-10-26(18)19-13-22-8-9-23-19/h4-9,11-13,18H,2-3,10H2,1H3,(H,21,27)/t18-/m1/s1. The Kier molecular flexibility index (Phi) is 4.74. The molecule has 3 aromatic rings. The van der Waals surface area contributed by atoms with Crippen LogP contribution in [-0.4, -0.2) is 39.4 Å². The Bertz CT molecular complexity index is 911. The van der Waals surface area contributed by atoms with E-state index in [1.54, 1.807) is 37.9 Å². The molecule has 0 aromatic carbocycles. The van der Waals surface area contributed by atoms with Crippen LogP contribution in [0.15, 0.2) is 55.2 Å². The first-order valence-corrected chi connectivity index (χ1v) is 8.93. The van der Waals surface area contributed by atoms with E-state index in [4.69, 9.17) is 0 Å². The van der Waals surface area contributed by atoms with Gasteiger partial charge in [-0.25, -0.2) is 4.98 Å². The number of amides is 1. The van der Waals surface area contributed by atoms with E-state index >= 15 is 0 Å². The minimum atomic E-state index is -0.194. The van der Waals surface area contributed by atoms with Crippen LogP contribution in [0.1, 0.15) is 35.1 Å². The Morgan fingerprint density at radius 1 is 1.04 bits per heavy atom. The SMILES string of the molecule is CNC(=O)c1ccc(-c2ccc([C@H]3CCCN3c3cnccn3)nc2)cn1. The molecule has 0 spiro atoms. The molecule has 7 nitrogen and oxygen atoms in total. The lowest BCUT2D eigenvalue weighted by Crippen LogP contribution is -2.24. The quantitative estimate of drug-likeness (QED) is 0.770. The van der Waals surface area contributed by atoms with Crippen molar-refractivity contribution in [1.29, 1.82) is 0 Å². The van der Waals surface area contributed by atoms with E-state index in [0.29, 0.717) is 5.69 Å². The van der Waals surface area contributed by atoms with Crippen LogP contribution < -0.4 is 10.2 Å². The third-order valence-electron chi connectivity index (χ3n) is 4.78. The zero-order valence-corrected chi connectivity index (χ0v) is 15.0. The molecule has 0 radical (unpaired) electrons. The number of nitrogens with zero attached hydrogens (tertiary/aromatic N) is 5. The summed E-state index contributed by atoms with van der Waals surface area (Å²) in [6, 6.07) is 7.92. The van der Waals surface area contributed by atoms with Crippen molar-refractivity contribution in [3.63, 3.8) is 0 Å². The molecule has 136 valence electrons. The maximum atomic E-state index is 11.6. The first kappa shape index (κ1) is 17.1. The van der Waals surface area contributed by atoms with Gasteiger partial charge in [0.15, 0.2) is 0 Å². The van der Waals surface area contributed by atoms with Gasteiger partial charge in [-0.2, -0.15) is 0 Å². The van der Waals surface area contributed by atoms with E-state index in [2.05, 4.69) is 36.2 Å². The van der Waals surface area contributed by atoms with Crippen LogP contribution in [0.25, 0.3) is 11.1 Å². The van der Waals surface area contributed by atoms with Crippen molar-refractivity contribution in [3.05, 3.63) is 66.6 Å². The van der Waals surface area contributed by atoms with Crippen LogP contribution in [-0.2, 0) is 0 Å². The smallest absolute Gasteiger partial charge is 0.269 e. The van der Waals surface area contributed by atoms with E-state index in [-0.39, 0.29) is 11.9 Å². The second-order valence-electron chi connectivity index (χ2n) is 6.40. The number of carbonyl (C=O) groups excluding carboxylic acids is 1. The number of carbonyl (C=O) groups is 1. The number of hydrogen-bond donors (Lipinski definition) is 1. The fourth-order valence-corrected chi connectivity index (χ4v) is 3.39. The molecule has 1 atom stereocenters. The zero-order chi connectivity index (χ0) is 18.6. The molecule has 1 fully saturated rings. The minimum Gasteiger partial charge on any atom is -0.354 e. The lowest BCUT2D eigenvalue weighted by Gasteiger charge is -2.24. The lowest BCUT2D eigenvalue weighted by molar-refractivity contribution is 0.0958. The van der Waals surface area contributed by atoms with E-state index in [0.717, 1.165) is 42.0 Å². The summed E-state index contributed by atoms with van der Waals surface area (Å²) in [6.07, 6.45) is 10.9. The summed E-state index contributed by atoms with van der Waals surface area (Å²) in [4.78, 5) is 31.4. The van der Waals surface area contributed by atoms with Gasteiger partial charge in [0.2, 0.25) is 0 Å². The van der Waals surface area contributed by atoms with E-state index in [9.17, 15) is 4.79 Å². The normalized spacial score (nSPS) is 16.3. The highest BCUT2D eigenvalue weighted by molar-refractivity contribution is 5.92. The summed E-state index contributed by atoms with van der Waals surface area (Å²) >= 11 is 0. The van der Waals surface area contributed by atoms with E-state index < -0.39 is 0 Å². The number of hydrogen-bond acceptors (Lipinski definition) is 6. The molecule has 4 heterocycles. The Morgan fingerprint density at radius 2 is 1.85 bits per heavy atom. The maximum Gasteiger partial charge on any atom is 0.269 e. The summed E-state index contributed by atoms with van der Waals surface area (Å²) < 4.78 is 0. The van der Waals surface area contributed by atoms with Gasteiger partial charge in [-0.3, -0.25) is 19.7 Å². The molecule has 0 unspecified atom stereocenters. The molecule has 1 aliphatic rings. The Balaban J connectivity index is 1.54. The fraction of sp³-hybridized carbons (Fsp3) is 0.250. The highest BCUT2D eigenvalue weighted by atomic mass is 16.1. The van der Waals surface area contributed by atoms with Gasteiger partial charge < -0.3 is 10.2 Å². The summed E-state index contributed by atoms with van der Waals surface area (Å²) in [5, 5.41) is 2.57. The lowest BCUT2D eigenvalue weighted by atomic mass is 10.1. The minimum absolute atomic E-state index is 0.194. The molecule has 0 saturated carbocycles. The first-order valence-electron chi connectivity index (χ1n) is 8.93. The molecule has 1 amide bonds. The van der Waals surface area contributed by atoms with Crippen molar-refractivity contribution in [1.82, 2.24) is 25.3 Å². The van der Waals surface area contributed by atoms with Crippen molar-refractivity contribution in [2.24, 2.45) is 0 Å². The largest absolute Gasteiger partial charge is 0.354 e. The summed E-state index contributed by atoms with van der Waals surface area (Å²) in [5.74, 6) is 0.695. The van der Waals surface area contributed by atoms with Gasteiger partial charge in [0.1, 0.15) is 11.5 Å². The van der Waals surface area contributed by atoms with Crippen LogP contribution in [0, 0.1) is 0 Å². The van der Waals surface area contributed by atoms with Gasteiger partial charge in [0, 0.05) is 49.5 Å². The van der Waals surface area contributed by atoms with Crippen molar-refractivity contribution in [2.45, 2.75) is 18.9 Å². The monoisotopic (exact) mass is 360 g/mol. The average Bonchev–Trinajstić information content (AvgIpc) is 3.24. The highest BCUT2D eigenvalue weighted by Gasteiger charge is 2.28. The highest BCUT2D eigenvalue weighted by Crippen LogP contribution is 2.34. The first-order chi connectivity index (χ1) is 13.3. The number of pyridine rings is 2. The molecule has 0 bridgehead atoms. The maximum absolute atomic E-state index is 11.6. The van der Waals surface area contributed by atoms with Gasteiger partial charge in [-0.05, 0) is 25.0 Å². The topological polar surface area (TPSA) is 83.9 Å². The van der Waals surface area contributed by atoms with Gasteiger partial charge >= 0.3 is 0 Å².